The third kappa shape index (κ3) is 1.90. The summed E-state index contributed by atoms with van der Waals surface area (Å²) in [4.78, 5) is 22.3. The maximum absolute atomic E-state index is 11.2. The van der Waals surface area contributed by atoms with Crippen LogP contribution in [0.15, 0.2) is 30.3 Å². The van der Waals surface area contributed by atoms with Crippen LogP contribution >= 0.6 is 0 Å². The topological polar surface area (TPSA) is 74.6 Å². The smallest absolute Gasteiger partial charge is 0.321 e. The van der Waals surface area contributed by atoms with Crippen molar-refractivity contribution in [1.82, 2.24) is 0 Å². The molecule has 1 aromatic rings. The summed E-state index contributed by atoms with van der Waals surface area (Å²) in [5.41, 5.74) is -0.572. The van der Waals surface area contributed by atoms with Crippen molar-refractivity contribution < 1.29 is 19.8 Å². The highest BCUT2D eigenvalue weighted by Crippen LogP contribution is 2.47. The molecule has 0 radical (unpaired) electrons. The Kier molecular flexibility index (Phi) is 2.88. The van der Waals surface area contributed by atoms with Crippen LogP contribution < -0.4 is 0 Å². The van der Waals surface area contributed by atoms with E-state index in [1.807, 2.05) is 30.3 Å². The number of aliphatic carboxylic acids is 2. The molecule has 0 unspecified atom stereocenters. The van der Waals surface area contributed by atoms with E-state index < -0.39 is 17.4 Å². The molecule has 17 heavy (non-hydrogen) atoms. The minimum atomic E-state index is -1.60. The second kappa shape index (κ2) is 4.20. The lowest BCUT2D eigenvalue weighted by Crippen LogP contribution is -2.36. The van der Waals surface area contributed by atoms with Crippen molar-refractivity contribution in [3.05, 3.63) is 35.9 Å². The van der Waals surface area contributed by atoms with Gasteiger partial charge >= 0.3 is 11.9 Å². The number of carboxylic acids is 2. The fourth-order valence-corrected chi connectivity index (χ4v) is 2.54. The van der Waals surface area contributed by atoms with Crippen LogP contribution in [-0.2, 0) is 9.59 Å². The first kappa shape index (κ1) is 11.6. The van der Waals surface area contributed by atoms with E-state index in [1.165, 1.54) is 0 Å². The summed E-state index contributed by atoms with van der Waals surface area (Å²) in [7, 11) is 0. The molecule has 4 heteroatoms. The third-order valence-corrected chi connectivity index (χ3v) is 3.60. The van der Waals surface area contributed by atoms with Gasteiger partial charge in [-0.2, -0.15) is 0 Å². The molecule has 0 bridgehead atoms. The second-order valence-corrected chi connectivity index (χ2v) is 4.54. The molecule has 1 aliphatic carbocycles. The molecule has 0 heterocycles. The molecule has 1 aromatic carbocycles. The fourth-order valence-electron chi connectivity index (χ4n) is 2.54. The number of rotatable bonds is 3. The zero-order chi connectivity index (χ0) is 12.5. The Morgan fingerprint density at radius 1 is 1.12 bits per heavy atom. The molecule has 1 saturated carbocycles. The summed E-state index contributed by atoms with van der Waals surface area (Å²) in [6.07, 6.45) is 1.00. The van der Waals surface area contributed by atoms with E-state index in [9.17, 15) is 9.59 Å². The molecule has 0 aliphatic heterocycles. The van der Waals surface area contributed by atoms with Crippen molar-refractivity contribution >= 4 is 11.9 Å². The van der Waals surface area contributed by atoms with E-state index in [-0.39, 0.29) is 18.8 Å². The van der Waals surface area contributed by atoms with E-state index in [4.69, 9.17) is 10.2 Å². The first-order valence-corrected chi connectivity index (χ1v) is 5.58. The molecule has 2 N–H and O–H groups in total. The molecular formula is C13H14O4. The number of carbonyl (C=O) groups is 2. The molecule has 1 aliphatic rings. The predicted octanol–water partition coefficient (Wildman–Crippen LogP) is 2.11. The van der Waals surface area contributed by atoms with E-state index >= 15 is 0 Å². The second-order valence-electron chi connectivity index (χ2n) is 4.54. The minimum Gasteiger partial charge on any atom is -0.480 e. The van der Waals surface area contributed by atoms with Crippen molar-refractivity contribution in [1.29, 1.82) is 0 Å². The van der Waals surface area contributed by atoms with Gasteiger partial charge in [-0.25, -0.2) is 0 Å². The summed E-state index contributed by atoms with van der Waals surface area (Å²) < 4.78 is 0. The highest BCUT2D eigenvalue weighted by molar-refractivity contribution is 5.98. The standard InChI is InChI=1S/C13H14O4/c14-11(15)13(12(16)17)7-6-10(8-13)9-4-2-1-3-5-9/h1-5,10H,6-8H2,(H,14,15)(H,16,17)/t10-/m0/s1. The van der Waals surface area contributed by atoms with Crippen molar-refractivity contribution in [3.8, 4) is 0 Å². The van der Waals surface area contributed by atoms with Gasteiger partial charge in [-0.15, -0.1) is 0 Å². The summed E-state index contributed by atoms with van der Waals surface area (Å²) in [5, 5.41) is 18.2. The number of hydrogen-bond acceptors (Lipinski definition) is 2. The van der Waals surface area contributed by atoms with E-state index in [1.54, 1.807) is 0 Å². The number of benzene rings is 1. The zero-order valence-corrected chi connectivity index (χ0v) is 9.30. The Hall–Kier alpha value is -1.84. The van der Waals surface area contributed by atoms with Gasteiger partial charge in [-0.3, -0.25) is 9.59 Å². The average molecular weight is 234 g/mol. The minimum absolute atomic E-state index is 0.0309. The lowest BCUT2D eigenvalue weighted by Gasteiger charge is -2.18. The summed E-state index contributed by atoms with van der Waals surface area (Å²) in [6, 6.07) is 9.50. The third-order valence-electron chi connectivity index (χ3n) is 3.60. The van der Waals surface area contributed by atoms with Gasteiger partial charge in [0.2, 0.25) is 0 Å². The molecule has 1 atom stereocenters. The molecule has 90 valence electrons. The number of hydrogen-bond donors (Lipinski definition) is 2. The van der Waals surface area contributed by atoms with E-state index in [0.29, 0.717) is 6.42 Å². The van der Waals surface area contributed by atoms with Gasteiger partial charge in [0.25, 0.3) is 0 Å². The van der Waals surface area contributed by atoms with Crippen LogP contribution in [0.1, 0.15) is 30.7 Å². The summed E-state index contributed by atoms with van der Waals surface area (Å²) in [6.45, 7) is 0. The SMILES string of the molecule is O=C(O)C1(C(=O)O)CC[C@H](c2ccccc2)C1. The highest BCUT2D eigenvalue weighted by atomic mass is 16.4. The van der Waals surface area contributed by atoms with Crippen molar-refractivity contribution in [2.45, 2.75) is 25.2 Å². The first-order valence-electron chi connectivity index (χ1n) is 5.58. The van der Waals surface area contributed by atoms with Gasteiger partial charge in [0.1, 0.15) is 0 Å². The maximum atomic E-state index is 11.2. The Labute approximate surface area is 98.9 Å². The summed E-state index contributed by atoms with van der Waals surface area (Å²) >= 11 is 0. The molecule has 1 fully saturated rings. The van der Waals surface area contributed by atoms with Crippen LogP contribution in [0, 0.1) is 5.41 Å². The van der Waals surface area contributed by atoms with E-state index in [0.717, 1.165) is 5.56 Å². The van der Waals surface area contributed by atoms with Gasteiger partial charge in [-0.05, 0) is 30.7 Å². The maximum Gasteiger partial charge on any atom is 0.321 e. The fraction of sp³-hybridized carbons (Fsp3) is 0.385. The van der Waals surface area contributed by atoms with E-state index in [2.05, 4.69) is 0 Å². The molecule has 4 nitrogen and oxygen atoms in total. The molecule has 0 spiro atoms. The molecule has 0 saturated heterocycles. The zero-order valence-electron chi connectivity index (χ0n) is 9.30. The molecule has 0 aromatic heterocycles. The predicted molar refractivity (Wildman–Crippen MR) is 60.7 cm³/mol. The molecule has 2 rings (SSSR count). The Morgan fingerprint density at radius 3 is 2.18 bits per heavy atom. The van der Waals surface area contributed by atoms with Crippen LogP contribution in [0.2, 0.25) is 0 Å². The van der Waals surface area contributed by atoms with Crippen molar-refractivity contribution in [3.63, 3.8) is 0 Å². The lowest BCUT2D eigenvalue weighted by atomic mass is 9.84. The van der Waals surface area contributed by atoms with Gasteiger partial charge in [-0.1, -0.05) is 30.3 Å². The highest BCUT2D eigenvalue weighted by Gasteiger charge is 2.52. The van der Waals surface area contributed by atoms with Crippen molar-refractivity contribution in [2.75, 3.05) is 0 Å². The normalized spacial score (nSPS) is 22.2. The van der Waals surface area contributed by atoms with Crippen LogP contribution in [0.5, 0.6) is 0 Å². The Bertz CT molecular complexity index is 424. The van der Waals surface area contributed by atoms with Gasteiger partial charge in [0.05, 0.1) is 0 Å². The quantitative estimate of drug-likeness (QED) is 0.785. The first-order chi connectivity index (χ1) is 8.06. The summed E-state index contributed by atoms with van der Waals surface area (Å²) in [5.74, 6) is -2.41. The van der Waals surface area contributed by atoms with Gasteiger partial charge in [0.15, 0.2) is 5.41 Å². The van der Waals surface area contributed by atoms with Crippen LogP contribution in [0.4, 0.5) is 0 Å². The molecule has 0 amide bonds. The van der Waals surface area contributed by atoms with Crippen molar-refractivity contribution in [2.24, 2.45) is 5.41 Å². The largest absolute Gasteiger partial charge is 0.480 e. The lowest BCUT2D eigenvalue weighted by molar-refractivity contribution is -0.164. The van der Waals surface area contributed by atoms with Crippen LogP contribution in [0.3, 0.4) is 0 Å². The Morgan fingerprint density at radius 2 is 1.71 bits per heavy atom. The Balaban J connectivity index is 2.24. The monoisotopic (exact) mass is 234 g/mol. The molecular weight excluding hydrogens is 220 g/mol. The number of carboxylic acid groups (broad SMARTS) is 2. The van der Waals surface area contributed by atoms with Gasteiger partial charge in [0, 0.05) is 0 Å². The average Bonchev–Trinajstić information content (AvgIpc) is 2.76. The van der Waals surface area contributed by atoms with Crippen LogP contribution in [0.25, 0.3) is 0 Å². The van der Waals surface area contributed by atoms with Crippen LogP contribution in [-0.4, -0.2) is 22.2 Å². The van der Waals surface area contributed by atoms with Gasteiger partial charge < -0.3 is 10.2 Å².